The first-order valence-electron chi connectivity index (χ1n) is 6.64. The van der Waals surface area contributed by atoms with Gasteiger partial charge in [0.05, 0.1) is 12.6 Å². The van der Waals surface area contributed by atoms with Crippen molar-refractivity contribution < 1.29 is 9.53 Å². The Labute approximate surface area is 118 Å². The molecule has 1 aromatic heterocycles. The van der Waals surface area contributed by atoms with Crippen LogP contribution in [0.15, 0.2) is 48.8 Å². The highest BCUT2D eigenvalue weighted by molar-refractivity contribution is 5.94. The Hall–Kier alpha value is -2.36. The molecule has 1 amide bonds. The van der Waals surface area contributed by atoms with Crippen LogP contribution in [0.4, 0.5) is 0 Å². The van der Waals surface area contributed by atoms with Gasteiger partial charge in [-0.25, -0.2) is 0 Å². The maximum Gasteiger partial charge on any atom is 0.251 e. The number of hydrogen-bond donors (Lipinski definition) is 1. The molecular formula is C16H18N2O2. The molecule has 1 N–H and O–H groups in total. The highest BCUT2D eigenvalue weighted by atomic mass is 16.5. The van der Waals surface area contributed by atoms with Gasteiger partial charge in [0, 0.05) is 18.0 Å². The van der Waals surface area contributed by atoms with Gasteiger partial charge in [0.1, 0.15) is 5.75 Å². The number of carbonyl (C=O) groups is 1. The Morgan fingerprint density at radius 3 is 2.45 bits per heavy atom. The van der Waals surface area contributed by atoms with Crippen LogP contribution in [-0.2, 0) is 0 Å². The van der Waals surface area contributed by atoms with Crippen LogP contribution in [0.3, 0.4) is 0 Å². The predicted octanol–water partition coefficient (Wildman–Crippen LogP) is 2.97. The zero-order valence-electron chi connectivity index (χ0n) is 11.7. The van der Waals surface area contributed by atoms with E-state index in [9.17, 15) is 4.79 Å². The van der Waals surface area contributed by atoms with Crippen molar-refractivity contribution >= 4 is 5.91 Å². The molecule has 0 aliphatic rings. The van der Waals surface area contributed by atoms with Gasteiger partial charge in [-0.05, 0) is 55.8 Å². The summed E-state index contributed by atoms with van der Waals surface area (Å²) in [7, 11) is 0. The van der Waals surface area contributed by atoms with Crippen molar-refractivity contribution in [1.29, 1.82) is 0 Å². The Bertz CT molecular complexity index is 552. The van der Waals surface area contributed by atoms with Gasteiger partial charge in [0.2, 0.25) is 0 Å². The zero-order valence-corrected chi connectivity index (χ0v) is 11.7. The molecule has 0 saturated carbocycles. The summed E-state index contributed by atoms with van der Waals surface area (Å²) >= 11 is 0. The molecule has 1 atom stereocenters. The number of carbonyl (C=O) groups excluding carboxylic acids is 1. The lowest BCUT2D eigenvalue weighted by molar-refractivity contribution is 0.0940. The molecule has 104 valence electrons. The lowest BCUT2D eigenvalue weighted by Crippen LogP contribution is -2.26. The fourth-order valence-corrected chi connectivity index (χ4v) is 1.88. The van der Waals surface area contributed by atoms with E-state index in [1.807, 2.05) is 26.0 Å². The first-order valence-corrected chi connectivity index (χ1v) is 6.64. The number of pyridine rings is 1. The van der Waals surface area contributed by atoms with Crippen LogP contribution >= 0.6 is 0 Å². The first-order chi connectivity index (χ1) is 9.70. The number of nitrogens with one attached hydrogen (secondary N) is 1. The quantitative estimate of drug-likeness (QED) is 0.908. The van der Waals surface area contributed by atoms with Crippen LogP contribution in [0.25, 0.3) is 0 Å². The van der Waals surface area contributed by atoms with Crippen molar-refractivity contribution in [2.75, 3.05) is 6.61 Å². The van der Waals surface area contributed by atoms with E-state index in [0.717, 1.165) is 11.3 Å². The zero-order chi connectivity index (χ0) is 14.4. The summed E-state index contributed by atoms with van der Waals surface area (Å²) < 4.78 is 5.35. The highest BCUT2D eigenvalue weighted by Gasteiger charge is 2.11. The van der Waals surface area contributed by atoms with Gasteiger partial charge in [0.25, 0.3) is 5.91 Å². The fourth-order valence-electron chi connectivity index (χ4n) is 1.88. The molecule has 0 spiro atoms. The molecule has 0 bridgehead atoms. The lowest BCUT2D eigenvalue weighted by atomic mass is 10.1. The van der Waals surface area contributed by atoms with E-state index in [0.29, 0.717) is 12.2 Å². The van der Waals surface area contributed by atoms with E-state index < -0.39 is 0 Å². The van der Waals surface area contributed by atoms with Gasteiger partial charge in [-0.1, -0.05) is 0 Å². The summed E-state index contributed by atoms with van der Waals surface area (Å²) in [6.45, 7) is 4.49. The van der Waals surface area contributed by atoms with Crippen molar-refractivity contribution in [3.63, 3.8) is 0 Å². The minimum atomic E-state index is -0.0997. The van der Waals surface area contributed by atoms with E-state index in [1.165, 1.54) is 0 Å². The van der Waals surface area contributed by atoms with Gasteiger partial charge >= 0.3 is 0 Å². The van der Waals surface area contributed by atoms with Crippen LogP contribution in [-0.4, -0.2) is 17.5 Å². The SMILES string of the molecule is CCOc1ccc(C(=O)N[C@@H](C)c2ccncc2)cc1. The van der Waals surface area contributed by atoms with Crippen LogP contribution in [0.2, 0.25) is 0 Å². The Balaban J connectivity index is 2.01. The predicted molar refractivity (Wildman–Crippen MR) is 77.7 cm³/mol. The number of rotatable bonds is 5. The summed E-state index contributed by atoms with van der Waals surface area (Å²) in [5.41, 5.74) is 1.65. The summed E-state index contributed by atoms with van der Waals surface area (Å²) in [4.78, 5) is 16.1. The van der Waals surface area contributed by atoms with Crippen LogP contribution in [0, 0.1) is 0 Å². The van der Waals surface area contributed by atoms with Crippen molar-refractivity contribution in [1.82, 2.24) is 10.3 Å². The number of ether oxygens (including phenoxy) is 1. The van der Waals surface area contributed by atoms with Crippen molar-refractivity contribution in [3.05, 3.63) is 59.9 Å². The third-order valence-electron chi connectivity index (χ3n) is 2.98. The van der Waals surface area contributed by atoms with E-state index in [1.54, 1.807) is 36.7 Å². The number of aromatic nitrogens is 1. The Kier molecular flexibility index (Phi) is 4.71. The molecule has 0 radical (unpaired) electrons. The van der Waals surface area contributed by atoms with Crippen molar-refractivity contribution in [2.45, 2.75) is 19.9 Å². The van der Waals surface area contributed by atoms with Gasteiger partial charge in [-0.3, -0.25) is 9.78 Å². The summed E-state index contributed by atoms with van der Waals surface area (Å²) in [5.74, 6) is 0.670. The molecular weight excluding hydrogens is 252 g/mol. The molecule has 20 heavy (non-hydrogen) atoms. The largest absolute Gasteiger partial charge is 0.494 e. The minimum Gasteiger partial charge on any atom is -0.494 e. The number of amides is 1. The molecule has 0 aliphatic heterocycles. The monoisotopic (exact) mass is 270 g/mol. The van der Waals surface area contributed by atoms with Crippen molar-refractivity contribution in [3.8, 4) is 5.75 Å². The second-order valence-electron chi connectivity index (χ2n) is 4.43. The van der Waals surface area contributed by atoms with E-state index in [4.69, 9.17) is 4.74 Å². The van der Waals surface area contributed by atoms with E-state index in [2.05, 4.69) is 10.3 Å². The molecule has 1 heterocycles. The van der Waals surface area contributed by atoms with Crippen LogP contribution in [0.1, 0.15) is 35.8 Å². The molecule has 4 heteroatoms. The third-order valence-corrected chi connectivity index (χ3v) is 2.98. The van der Waals surface area contributed by atoms with Gasteiger partial charge in [-0.2, -0.15) is 0 Å². The molecule has 0 saturated heterocycles. The number of hydrogen-bond acceptors (Lipinski definition) is 3. The number of nitrogens with zero attached hydrogens (tertiary/aromatic N) is 1. The Morgan fingerprint density at radius 1 is 1.20 bits per heavy atom. The fraction of sp³-hybridized carbons (Fsp3) is 0.250. The smallest absolute Gasteiger partial charge is 0.251 e. The van der Waals surface area contributed by atoms with E-state index in [-0.39, 0.29) is 11.9 Å². The van der Waals surface area contributed by atoms with Crippen molar-refractivity contribution in [2.24, 2.45) is 0 Å². The Morgan fingerprint density at radius 2 is 1.85 bits per heavy atom. The average molecular weight is 270 g/mol. The molecule has 0 aliphatic carbocycles. The molecule has 2 aromatic rings. The summed E-state index contributed by atoms with van der Waals surface area (Å²) in [5, 5.41) is 2.96. The van der Waals surface area contributed by atoms with Crippen LogP contribution < -0.4 is 10.1 Å². The van der Waals surface area contributed by atoms with Gasteiger partial charge in [-0.15, -0.1) is 0 Å². The maximum absolute atomic E-state index is 12.1. The molecule has 2 rings (SSSR count). The van der Waals surface area contributed by atoms with Crippen LogP contribution in [0.5, 0.6) is 5.75 Å². The van der Waals surface area contributed by atoms with E-state index >= 15 is 0 Å². The molecule has 0 fully saturated rings. The summed E-state index contributed by atoms with van der Waals surface area (Å²) in [6.07, 6.45) is 3.43. The molecule has 1 aromatic carbocycles. The molecule has 4 nitrogen and oxygen atoms in total. The summed E-state index contributed by atoms with van der Waals surface area (Å²) in [6, 6.07) is 10.9. The average Bonchev–Trinajstić information content (AvgIpc) is 2.49. The standard InChI is InChI=1S/C16H18N2O2/c1-3-20-15-6-4-14(5-7-15)16(19)18-12(2)13-8-10-17-11-9-13/h4-12H,3H2,1-2H3,(H,18,19)/t12-/m0/s1. The third kappa shape index (κ3) is 3.57. The highest BCUT2D eigenvalue weighted by Crippen LogP contribution is 2.14. The van der Waals surface area contributed by atoms with Gasteiger partial charge < -0.3 is 10.1 Å². The second kappa shape index (κ2) is 6.70. The normalized spacial score (nSPS) is 11.7. The second-order valence-corrected chi connectivity index (χ2v) is 4.43. The first kappa shape index (κ1) is 14.1. The number of benzene rings is 1. The van der Waals surface area contributed by atoms with Gasteiger partial charge in [0.15, 0.2) is 0 Å². The lowest BCUT2D eigenvalue weighted by Gasteiger charge is -2.14. The minimum absolute atomic E-state index is 0.0583. The molecule has 0 unspecified atom stereocenters. The maximum atomic E-state index is 12.1. The topological polar surface area (TPSA) is 51.2 Å².